The number of benzene rings is 2. The van der Waals surface area contributed by atoms with Crippen LogP contribution in [0.4, 0.5) is 13.2 Å². The Morgan fingerprint density at radius 1 is 1.10 bits per heavy atom. The molecule has 0 aliphatic heterocycles. The molecule has 0 spiro atoms. The van der Waals surface area contributed by atoms with Crippen molar-refractivity contribution in [1.29, 1.82) is 0 Å². The van der Waals surface area contributed by atoms with E-state index < -0.39 is 17.7 Å². The first-order valence-electron chi connectivity index (χ1n) is 10.7. The lowest BCUT2D eigenvalue weighted by Gasteiger charge is -2.37. The summed E-state index contributed by atoms with van der Waals surface area (Å²) in [5.74, 6) is -0.548. The van der Waals surface area contributed by atoms with Gasteiger partial charge >= 0.3 is 12.1 Å². The number of rotatable bonds is 6. The third-order valence-electron chi connectivity index (χ3n) is 6.13. The van der Waals surface area contributed by atoms with Crippen LogP contribution in [-0.2, 0) is 17.5 Å². The third kappa shape index (κ3) is 5.91. The molecule has 31 heavy (non-hydrogen) atoms. The molecule has 4 nitrogen and oxygen atoms in total. The molecule has 0 heterocycles. The van der Waals surface area contributed by atoms with Crippen LogP contribution in [0.1, 0.15) is 57.6 Å². The molecule has 1 aliphatic carbocycles. The number of carboxylic acids is 1. The van der Waals surface area contributed by atoms with Crippen molar-refractivity contribution in [2.45, 2.75) is 65.3 Å². The minimum Gasteiger partial charge on any atom is -0.490 e. The number of fused-ring (bicyclic) bond motifs is 1. The highest BCUT2D eigenvalue weighted by atomic mass is 19.4. The summed E-state index contributed by atoms with van der Waals surface area (Å²) in [7, 11) is 0. The topological polar surface area (TPSA) is 58.6 Å². The largest absolute Gasteiger partial charge is 0.490 e. The Labute approximate surface area is 180 Å². The normalized spacial score (nSPS) is 20.1. The first kappa shape index (κ1) is 23.4. The number of aliphatic carboxylic acids is 1. The summed E-state index contributed by atoms with van der Waals surface area (Å²) in [6.45, 7) is 6.66. The smallest absolute Gasteiger partial charge is 0.420 e. The van der Waals surface area contributed by atoms with Crippen molar-refractivity contribution in [3.63, 3.8) is 0 Å². The number of ether oxygens (including phenoxy) is 1. The van der Waals surface area contributed by atoms with Crippen molar-refractivity contribution >= 4 is 16.7 Å². The van der Waals surface area contributed by atoms with Crippen LogP contribution in [0.15, 0.2) is 30.3 Å². The van der Waals surface area contributed by atoms with Gasteiger partial charge in [-0.25, -0.2) is 0 Å². The van der Waals surface area contributed by atoms with Crippen molar-refractivity contribution < 1.29 is 27.8 Å². The van der Waals surface area contributed by atoms with Gasteiger partial charge in [-0.15, -0.1) is 0 Å². The zero-order valence-corrected chi connectivity index (χ0v) is 18.2. The monoisotopic (exact) mass is 437 g/mol. The number of carbonyl (C=O) groups is 1. The highest BCUT2D eigenvalue weighted by Gasteiger charge is 2.38. The molecule has 170 valence electrons. The maximum atomic E-state index is 14.0. The molecule has 0 bridgehead atoms. The van der Waals surface area contributed by atoms with Gasteiger partial charge in [0.1, 0.15) is 11.3 Å². The molecule has 2 N–H and O–H groups in total. The SMILES string of the molecule is CC(C)(C)[C@H]1CC[C@H](Oc2ccc3cc(CNCC(=O)O)ccc3c2C(F)(F)F)CC1. The van der Waals surface area contributed by atoms with E-state index in [1.807, 2.05) is 0 Å². The summed E-state index contributed by atoms with van der Waals surface area (Å²) in [6, 6.07) is 7.73. The Balaban J connectivity index is 1.82. The maximum absolute atomic E-state index is 14.0. The van der Waals surface area contributed by atoms with Crippen LogP contribution in [0.3, 0.4) is 0 Å². The molecule has 0 unspecified atom stereocenters. The van der Waals surface area contributed by atoms with Gasteiger partial charge in [-0.2, -0.15) is 13.2 Å². The molecule has 0 radical (unpaired) electrons. The van der Waals surface area contributed by atoms with Crippen molar-refractivity contribution in [3.8, 4) is 5.75 Å². The Hall–Kier alpha value is -2.28. The van der Waals surface area contributed by atoms with Crippen LogP contribution in [0.5, 0.6) is 5.75 Å². The molecule has 0 aromatic heterocycles. The number of nitrogens with one attached hydrogen (secondary N) is 1. The number of carboxylic acid groups (broad SMARTS) is 1. The van der Waals surface area contributed by atoms with Gasteiger partial charge in [-0.3, -0.25) is 4.79 Å². The summed E-state index contributed by atoms with van der Waals surface area (Å²) in [5, 5.41) is 12.0. The Morgan fingerprint density at radius 2 is 1.77 bits per heavy atom. The van der Waals surface area contributed by atoms with Gasteiger partial charge in [0.2, 0.25) is 0 Å². The van der Waals surface area contributed by atoms with Crippen molar-refractivity contribution in [1.82, 2.24) is 5.32 Å². The number of alkyl halides is 3. The fraction of sp³-hybridized carbons (Fsp3) is 0.542. The van der Waals surface area contributed by atoms with Crippen molar-refractivity contribution in [2.24, 2.45) is 11.3 Å². The fourth-order valence-electron chi connectivity index (χ4n) is 4.40. The maximum Gasteiger partial charge on any atom is 0.420 e. The van der Waals surface area contributed by atoms with E-state index in [1.54, 1.807) is 18.2 Å². The zero-order chi connectivity index (χ0) is 22.8. The summed E-state index contributed by atoms with van der Waals surface area (Å²) in [5.41, 5.74) is 0.172. The van der Waals surface area contributed by atoms with Crippen molar-refractivity contribution in [2.75, 3.05) is 6.54 Å². The van der Waals surface area contributed by atoms with E-state index in [2.05, 4.69) is 26.1 Å². The summed E-state index contributed by atoms with van der Waals surface area (Å²) in [6.07, 6.45) is -1.33. The zero-order valence-electron chi connectivity index (χ0n) is 18.2. The lowest BCUT2D eigenvalue weighted by molar-refractivity contribution is -0.138. The van der Waals surface area contributed by atoms with Gasteiger partial charge < -0.3 is 15.2 Å². The molecule has 1 aliphatic rings. The van der Waals surface area contributed by atoms with Gasteiger partial charge in [0.05, 0.1) is 12.6 Å². The molecular formula is C24H30F3NO3. The minimum atomic E-state index is -4.54. The Morgan fingerprint density at radius 3 is 2.35 bits per heavy atom. The summed E-state index contributed by atoms with van der Waals surface area (Å²) in [4.78, 5) is 10.6. The van der Waals surface area contributed by atoms with E-state index >= 15 is 0 Å². The summed E-state index contributed by atoms with van der Waals surface area (Å²) < 4.78 is 47.9. The van der Waals surface area contributed by atoms with Gasteiger partial charge in [-0.1, -0.05) is 39.0 Å². The van der Waals surface area contributed by atoms with Gasteiger partial charge in [0, 0.05) is 6.54 Å². The molecule has 0 atom stereocenters. The molecule has 1 saturated carbocycles. The molecule has 0 saturated heterocycles. The lowest BCUT2D eigenvalue weighted by atomic mass is 9.72. The first-order chi connectivity index (χ1) is 14.4. The number of hydrogen-bond acceptors (Lipinski definition) is 3. The summed E-state index contributed by atoms with van der Waals surface area (Å²) >= 11 is 0. The molecule has 0 amide bonds. The minimum absolute atomic E-state index is 0.0929. The standard InChI is InChI=1S/C24H30F3NO3/c1-23(2,3)17-6-8-18(9-7-17)31-20-11-5-16-12-15(13-28-14-21(29)30)4-10-19(16)22(20)24(25,26)27/h4-5,10-12,17-18,28H,6-9,13-14H2,1-3H3,(H,29,30)/t17-,18-. The fourth-order valence-corrected chi connectivity index (χ4v) is 4.40. The predicted molar refractivity (Wildman–Crippen MR) is 114 cm³/mol. The van der Waals surface area contributed by atoms with Crippen molar-refractivity contribution in [3.05, 3.63) is 41.5 Å². The van der Waals surface area contributed by atoms with E-state index in [0.717, 1.165) is 31.2 Å². The van der Waals surface area contributed by atoms with E-state index in [0.29, 0.717) is 11.3 Å². The predicted octanol–water partition coefficient (Wildman–Crippen LogP) is 6.02. The van der Waals surface area contributed by atoms with E-state index in [4.69, 9.17) is 9.84 Å². The van der Waals surface area contributed by atoms with E-state index in [-0.39, 0.29) is 35.7 Å². The quantitative estimate of drug-likeness (QED) is 0.581. The van der Waals surface area contributed by atoms with Crippen LogP contribution in [0, 0.1) is 11.3 Å². The second kappa shape index (κ2) is 9.07. The Bertz CT molecular complexity index is 926. The average molecular weight is 438 g/mol. The van der Waals surface area contributed by atoms with Crippen LogP contribution in [-0.4, -0.2) is 23.7 Å². The molecule has 1 fully saturated rings. The Kier molecular flexibility index (Phi) is 6.84. The van der Waals surface area contributed by atoms with Gasteiger partial charge in [0.25, 0.3) is 0 Å². The highest BCUT2D eigenvalue weighted by Crippen LogP contribution is 2.44. The third-order valence-corrected chi connectivity index (χ3v) is 6.13. The van der Waals surface area contributed by atoms with E-state index in [1.165, 1.54) is 12.1 Å². The number of halogens is 3. The number of hydrogen-bond donors (Lipinski definition) is 2. The lowest BCUT2D eigenvalue weighted by Crippen LogP contribution is -2.31. The van der Waals surface area contributed by atoms with Crippen LogP contribution in [0.2, 0.25) is 0 Å². The van der Waals surface area contributed by atoms with Gasteiger partial charge in [0.15, 0.2) is 0 Å². The van der Waals surface area contributed by atoms with Crippen LogP contribution in [0.25, 0.3) is 10.8 Å². The molecule has 7 heteroatoms. The second-order valence-electron chi connectivity index (χ2n) is 9.45. The molecule has 3 rings (SSSR count). The molecular weight excluding hydrogens is 407 g/mol. The molecule has 2 aromatic rings. The van der Waals surface area contributed by atoms with Crippen LogP contribution >= 0.6 is 0 Å². The second-order valence-corrected chi connectivity index (χ2v) is 9.45. The van der Waals surface area contributed by atoms with Crippen LogP contribution < -0.4 is 10.1 Å². The van der Waals surface area contributed by atoms with E-state index in [9.17, 15) is 18.0 Å². The van der Waals surface area contributed by atoms with Gasteiger partial charge in [-0.05, 0) is 65.5 Å². The highest BCUT2D eigenvalue weighted by molar-refractivity contribution is 5.89. The first-order valence-corrected chi connectivity index (χ1v) is 10.7. The average Bonchev–Trinajstić information content (AvgIpc) is 2.66. The molecule has 2 aromatic carbocycles.